The number of allylic oxidation sites excluding steroid dienone is 1. The van der Waals surface area contributed by atoms with E-state index in [0.29, 0.717) is 12.6 Å². The summed E-state index contributed by atoms with van der Waals surface area (Å²) in [5.41, 5.74) is 2.61. The molecule has 1 aliphatic heterocycles. The minimum absolute atomic E-state index is 0.297. The van der Waals surface area contributed by atoms with Crippen LogP contribution in [0.15, 0.2) is 67.2 Å². The van der Waals surface area contributed by atoms with Crippen molar-refractivity contribution in [2.45, 2.75) is 12.5 Å². The van der Waals surface area contributed by atoms with Crippen LogP contribution in [0.5, 0.6) is 5.75 Å². The number of likely N-dealkylation sites (tertiary alicyclic amines) is 1. The van der Waals surface area contributed by atoms with E-state index < -0.39 is 0 Å². The lowest BCUT2D eigenvalue weighted by Crippen LogP contribution is -2.25. The molecule has 4 rings (SSSR count). The van der Waals surface area contributed by atoms with Gasteiger partial charge < -0.3 is 24.8 Å². The van der Waals surface area contributed by atoms with E-state index in [-0.39, 0.29) is 0 Å². The van der Waals surface area contributed by atoms with Crippen LogP contribution in [0.2, 0.25) is 0 Å². The van der Waals surface area contributed by atoms with Crippen LogP contribution in [0.3, 0.4) is 0 Å². The Morgan fingerprint density at radius 2 is 2.18 bits per heavy atom. The fraction of sp³-hybridized carbons (Fsp3) is 0.308. The molecule has 1 aliphatic rings. The number of rotatable bonds is 8. The fourth-order valence-electron chi connectivity index (χ4n) is 3.73. The number of ether oxygens (including phenoxy) is 1. The molecule has 0 saturated carbocycles. The molecule has 7 nitrogen and oxygen atoms in total. The summed E-state index contributed by atoms with van der Waals surface area (Å²) >= 11 is 0. The van der Waals surface area contributed by atoms with Crippen LogP contribution in [0.25, 0.3) is 11.0 Å². The van der Waals surface area contributed by atoms with Crippen LogP contribution in [0.1, 0.15) is 12.1 Å². The van der Waals surface area contributed by atoms with Gasteiger partial charge in [-0.15, -0.1) is 0 Å². The highest BCUT2D eigenvalue weighted by Gasteiger charge is 2.23. The molecule has 2 aromatic heterocycles. The van der Waals surface area contributed by atoms with Crippen LogP contribution < -0.4 is 10.1 Å². The Balaban J connectivity index is 1.36. The van der Waals surface area contributed by atoms with E-state index in [1.807, 2.05) is 36.4 Å². The summed E-state index contributed by atoms with van der Waals surface area (Å²) in [6.07, 6.45) is 6.85. The summed E-state index contributed by atoms with van der Waals surface area (Å²) in [4.78, 5) is 16.5. The fourth-order valence-corrected chi connectivity index (χ4v) is 3.73. The first-order valence-electron chi connectivity index (χ1n) is 11.1. The lowest BCUT2D eigenvalue weighted by molar-refractivity contribution is 0.370. The molecular weight excluding hydrogens is 412 g/mol. The van der Waals surface area contributed by atoms with Gasteiger partial charge in [-0.1, -0.05) is 36.8 Å². The minimum Gasteiger partial charge on any atom is -0.481 e. The number of para-hydroxylation sites is 1. The zero-order valence-corrected chi connectivity index (χ0v) is 19.2. The SMILES string of the molecule is C=C(/C=C/CN(C)C)N1CC[C@@H](Nc2ncnc3[nH]c(C#CCOc4ccccc4)cc23)C1. The number of benzene rings is 1. The molecule has 0 aliphatic carbocycles. The predicted octanol–water partition coefficient (Wildman–Crippen LogP) is 3.51. The van der Waals surface area contributed by atoms with Crippen LogP contribution in [0.4, 0.5) is 5.82 Å². The highest BCUT2D eigenvalue weighted by atomic mass is 16.5. The highest BCUT2D eigenvalue weighted by Crippen LogP contribution is 2.24. The number of hydrogen-bond donors (Lipinski definition) is 2. The number of aromatic amines is 1. The second-order valence-corrected chi connectivity index (χ2v) is 8.30. The average molecular weight is 443 g/mol. The number of nitrogens with one attached hydrogen (secondary N) is 2. The van der Waals surface area contributed by atoms with E-state index in [9.17, 15) is 0 Å². The molecule has 3 aromatic rings. The van der Waals surface area contributed by atoms with Crippen LogP contribution in [-0.4, -0.2) is 71.1 Å². The summed E-state index contributed by atoms with van der Waals surface area (Å²) in [7, 11) is 4.11. The molecular formula is C26H30N6O. The quantitative estimate of drug-likeness (QED) is 0.411. The third kappa shape index (κ3) is 6.15. The normalized spacial score (nSPS) is 15.7. The number of anilines is 1. The molecule has 170 valence electrons. The predicted molar refractivity (Wildman–Crippen MR) is 133 cm³/mol. The maximum absolute atomic E-state index is 5.63. The number of H-pyrrole nitrogens is 1. The van der Waals surface area contributed by atoms with Crippen molar-refractivity contribution in [3.8, 4) is 17.6 Å². The van der Waals surface area contributed by atoms with E-state index in [2.05, 4.69) is 74.7 Å². The van der Waals surface area contributed by atoms with E-state index in [1.54, 1.807) is 6.33 Å². The molecule has 33 heavy (non-hydrogen) atoms. The van der Waals surface area contributed by atoms with Crippen molar-refractivity contribution in [3.63, 3.8) is 0 Å². The Labute approximate surface area is 195 Å². The van der Waals surface area contributed by atoms with Crippen molar-refractivity contribution in [1.29, 1.82) is 0 Å². The van der Waals surface area contributed by atoms with Gasteiger partial charge in [0.05, 0.1) is 11.1 Å². The Morgan fingerprint density at radius 3 is 3.00 bits per heavy atom. The van der Waals surface area contributed by atoms with Crippen molar-refractivity contribution in [3.05, 3.63) is 72.8 Å². The topological polar surface area (TPSA) is 69.3 Å². The van der Waals surface area contributed by atoms with Gasteiger partial charge in [-0.25, -0.2) is 9.97 Å². The third-order valence-corrected chi connectivity index (χ3v) is 5.42. The maximum atomic E-state index is 5.63. The van der Waals surface area contributed by atoms with Gasteiger partial charge >= 0.3 is 0 Å². The second-order valence-electron chi connectivity index (χ2n) is 8.30. The van der Waals surface area contributed by atoms with Gasteiger partial charge in [-0.3, -0.25) is 0 Å². The zero-order valence-electron chi connectivity index (χ0n) is 19.2. The number of aromatic nitrogens is 3. The van der Waals surface area contributed by atoms with E-state index in [0.717, 1.165) is 60.0 Å². The molecule has 0 radical (unpaired) electrons. The van der Waals surface area contributed by atoms with Crippen molar-refractivity contribution >= 4 is 16.9 Å². The standard InChI is InChI=1S/C26H30N6O/c1-20(9-7-14-31(2)3)32-15-13-22(18-32)30-26-24-17-21(29-25(24)27-19-28-26)10-8-16-33-23-11-5-4-6-12-23/h4-7,9,11-12,17,19,22H,1,13-16,18H2,2-3H3,(H2,27,28,29,30)/b9-7+/t22-/m1/s1. The Hall–Kier alpha value is -3.76. The zero-order chi connectivity index (χ0) is 23.0. The van der Waals surface area contributed by atoms with Crippen molar-refractivity contribution in [2.24, 2.45) is 0 Å². The number of fused-ring (bicyclic) bond motifs is 1. The Morgan fingerprint density at radius 1 is 1.33 bits per heavy atom. The molecule has 0 spiro atoms. The minimum atomic E-state index is 0.297. The first-order chi connectivity index (χ1) is 16.1. The first kappa shape index (κ1) is 22.4. The smallest absolute Gasteiger partial charge is 0.149 e. The van der Waals surface area contributed by atoms with Gasteiger partial charge in [-0.2, -0.15) is 0 Å². The summed E-state index contributed by atoms with van der Waals surface area (Å²) in [5, 5.41) is 4.52. The van der Waals surface area contributed by atoms with Gasteiger partial charge in [0.25, 0.3) is 0 Å². The lowest BCUT2D eigenvalue weighted by atomic mass is 10.2. The molecule has 7 heteroatoms. The highest BCUT2D eigenvalue weighted by molar-refractivity contribution is 5.88. The van der Waals surface area contributed by atoms with Crippen LogP contribution >= 0.6 is 0 Å². The third-order valence-electron chi connectivity index (χ3n) is 5.42. The van der Waals surface area contributed by atoms with Crippen molar-refractivity contribution < 1.29 is 4.74 Å². The summed E-state index contributed by atoms with van der Waals surface area (Å²) < 4.78 is 5.63. The summed E-state index contributed by atoms with van der Waals surface area (Å²) in [5.74, 6) is 7.80. The van der Waals surface area contributed by atoms with E-state index >= 15 is 0 Å². The molecule has 0 unspecified atom stereocenters. The Kier molecular flexibility index (Phi) is 7.28. The Bertz CT molecular complexity index is 1170. The largest absolute Gasteiger partial charge is 0.481 e. The number of likely N-dealkylation sites (N-methyl/N-ethyl adjacent to an activating group) is 1. The van der Waals surface area contributed by atoms with E-state index in [4.69, 9.17) is 4.74 Å². The number of hydrogen-bond acceptors (Lipinski definition) is 6. The van der Waals surface area contributed by atoms with Gasteiger partial charge in [0, 0.05) is 31.4 Å². The lowest BCUT2D eigenvalue weighted by Gasteiger charge is -2.19. The molecule has 0 amide bonds. The summed E-state index contributed by atoms with van der Waals surface area (Å²) in [6, 6.07) is 12.0. The molecule has 1 fully saturated rings. The van der Waals surface area contributed by atoms with Gasteiger partial charge in [0.1, 0.15) is 30.1 Å². The van der Waals surface area contributed by atoms with Gasteiger partial charge in [-0.05, 0) is 50.7 Å². The average Bonchev–Trinajstić information content (AvgIpc) is 3.45. The second kappa shape index (κ2) is 10.7. The van der Waals surface area contributed by atoms with E-state index in [1.165, 1.54) is 0 Å². The van der Waals surface area contributed by atoms with Crippen LogP contribution in [0, 0.1) is 11.8 Å². The number of nitrogens with zero attached hydrogens (tertiary/aromatic N) is 4. The molecule has 3 heterocycles. The maximum Gasteiger partial charge on any atom is 0.149 e. The van der Waals surface area contributed by atoms with Crippen molar-refractivity contribution in [1.82, 2.24) is 24.8 Å². The molecule has 1 aromatic carbocycles. The molecule has 1 saturated heterocycles. The molecule has 1 atom stereocenters. The van der Waals surface area contributed by atoms with Crippen molar-refractivity contribution in [2.75, 3.05) is 45.7 Å². The first-order valence-corrected chi connectivity index (χ1v) is 11.1. The van der Waals surface area contributed by atoms with Gasteiger partial charge in [0.2, 0.25) is 0 Å². The monoisotopic (exact) mass is 442 g/mol. The molecule has 2 N–H and O–H groups in total. The molecule has 0 bridgehead atoms. The summed E-state index contributed by atoms with van der Waals surface area (Å²) in [6.45, 7) is 7.32. The van der Waals surface area contributed by atoms with Crippen LogP contribution in [-0.2, 0) is 0 Å². The van der Waals surface area contributed by atoms with Gasteiger partial charge in [0.15, 0.2) is 0 Å².